The molecular weight excluding hydrogens is 1580 g/mol. The van der Waals surface area contributed by atoms with Crippen LogP contribution in [0, 0.1) is 10.8 Å². The molecule has 0 aliphatic carbocycles. The zero-order valence-corrected chi connectivity index (χ0v) is 73.2. The summed E-state index contributed by atoms with van der Waals surface area (Å²) in [5.41, 5.74) is 2.88. The number of hydrogen-bond acceptors (Lipinski definition) is 9. The average molecular weight is 1690 g/mol. The van der Waals surface area contributed by atoms with E-state index in [0.717, 1.165) is 31.9 Å². The molecule has 4 unspecified atom stereocenters. The van der Waals surface area contributed by atoms with Crippen LogP contribution in [0.15, 0.2) is 115 Å². The van der Waals surface area contributed by atoms with E-state index in [1.807, 2.05) is 91.6 Å². The van der Waals surface area contributed by atoms with Gasteiger partial charge in [-0.2, -0.15) is 12.1 Å². The first-order valence-corrected chi connectivity index (χ1v) is 42.5. The van der Waals surface area contributed by atoms with E-state index in [4.69, 9.17) is 0 Å². The maximum atomic E-state index is 3.34. The van der Waals surface area contributed by atoms with Gasteiger partial charge < -0.3 is 56.6 Å². The van der Waals surface area contributed by atoms with Gasteiger partial charge in [-0.3, -0.25) is 0 Å². The topological polar surface area (TPSA) is 0 Å². The summed E-state index contributed by atoms with van der Waals surface area (Å²) in [7, 11) is 0. The summed E-state index contributed by atoms with van der Waals surface area (Å²) in [6.45, 7) is 23.0. The van der Waals surface area contributed by atoms with Crippen LogP contribution in [0.1, 0.15) is 284 Å². The van der Waals surface area contributed by atoms with Crippen LogP contribution in [-0.4, -0.2) is 46.1 Å². The van der Waals surface area contributed by atoms with E-state index >= 15 is 0 Å². The molecule has 0 spiro atoms. The van der Waals surface area contributed by atoms with Crippen molar-refractivity contribution in [2.75, 3.05) is 0 Å². The van der Waals surface area contributed by atoms with Crippen molar-refractivity contribution in [3.63, 3.8) is 0 Å². The molecular formula is C77H108Br4Mg2S9. The fourth-order valence-electron chi connectivity index (χ4n) is 10.8. The molecule has 0 saturated heterocycles. The quantitative estimate of drug-likeness (QED) is 0.0214. The third-order valence-electron chi connectivity index (χ3n) is 16.2. The Bertz CT molecular complexity index is 2970. The summed E-state index contributed by atoms with van der Waals surface area (Å²) in [5, 5.41) is 12.8. The molecule has 9 rings (SSSR count). The van der Waals surface area contributed by atoms with Gasteiger partial charge in [0.2, 0.25) is 0 Å². The molecule has 9 aromatic heterocycles. The molecule has 502 valence electrons. The molecule has 9 aromatic rings. The monoisotopic (exact) mass is 1680 g/mol. The number of unbranched alkanes of at least 4 members (excludes halogenated alkanes) is 10. The van der Waals surface area contributed by atoms with E-state index in [1.54, 1.807) is 48.6 Å². The Kier molecular flexibility index (Phi) is 56.9. The largest absolute Gasteiger partial charge is 2.00 e. The third kappa shape index (κ3) is 33.0. The molecule has 0 aliphatic heterocycles. The number of halogens is 4. The van der Waals surface area contributed by atoms with Crippen LogP contribution in [0.4, 0.5) is 0 Å². The molecule has 0 amide bonds. The number of thiophene rings is 9. The molecule has 0 aliphatic rings. The van der Waals surface area contributed by atoms with Crippen molar-refractivity contribution in [2.45, 2.75) is 267 Å². The Morgan fingerprint density at radius 1 is 0.359 bits per heavy atom. The number of aryl methyl sites for hydroxylation is 2. The predicted octanol–water partition coefficient (Wildman–Crippen LogP) is 25.6. The minimum absolute atomic E-state index is 0. The Hall–Kier alpha value is 0.752. The normalized spacial score (nSPS) is 11.8. The summed E-state index contributed by atoms with van der Waals surface area (Å²) in [4.78, 5) is 18.0. The zero-order chi connectivity index (χ0) is 62.4. The van der Waals surface area contributed by atoms with Crippen molar-refractivity contribution in [2.24, 2.45) is 0 Å². The summed E-state index contributed by atoms with van der Waals surface area (Å²) in [5.74, 6) is 2.99. The molecule has 0 bridgehead atoms. The van der Waals surface area contributed by atoms with E-state index in [-0.39, 0.29) is 87.5 Å². The maximum Gasteiger partial charge on any atom is 2.00 e. The number of rotatable bonds is 34. The van der Waals surface area contributed by atoms with Crippen LogP contribution in [0.5, 0.6) is 0 Å². The maximum absolute atomic E-state index is 3.34. The molecule has 0 radical (unpaired) electrons. The Morgan fingerprint density at radius 2 is 0.728 bits per heavy atom. The summed E-state index contributed by atoms with van der Waals surface area (Å²) in [6.07, 6.45) is 34.2. The molecule has 4 atom stereocenters. The molecule has 0 aromatic carbocycles. The van der Waals surface area contributed by atoms with E-state index in [1.165, 1.54) is 222 Å². The van der Waals surface area contributed by atoms with Crippen LogP contribution in [0.3, 0.4) is 0 Å². The first-order valence-electron chi connectivity index (χ1n) is 33.4. The Morgan fingerprint density at radius 3 is 1.09 bits per heavy atom. The Labute approximate surface area is 668 Å². The van der Waals surface area contributed by atoms with Crippen LogP contribution in [-0.2, 0) is 12.8 Å². The van der Waals surface area contributed by atoms with Gasteiger partial charge in [-0.1, -0.05) is 198 Å². The van der Waals surface area contributed by atoms with Crippen molar-refractivity contribution < 1.29 is 34.0 Å². The van der Waals surface area contributed by atoms with Gasteiger partial charge in [-0.15, -0.1) is 99.9 Å². The third-order valence-corrected chi connectivity index (χ3v) is 28.3. The van der Waals surface area contributed by atoms with Crippen molar-refractivity contribution >= 4 is 180 Å². The first kappa shape index (κ1) is 92.8. The fraction of sp³-hybridized carbons (Fsp3) is 0.532. The van der Waals surface area contributed by atoms with E-state index in [0.29, 0.717) is 0 Å². The zero-order valence-electron chi connectivity index (χ0n) is 56.7. The second kappa shape index (κ2) is 56.4. The first-order chi connectivity index (χ1) is 42.6. The molecule has 9 heterocycles. The van der Waals surface area contributed by atoms with Crippen molar-refractivity contribution in [3.05, 3.63) is 155 Å². The van der Waals surface area contributed by atoms with Gasteiger partial charge in [0.25, 0.3) is 0 Å². The fourth-order valence-corrected chi connectivity index (χ4v) is 20.9. The molecule has 0 nitrogen and oxygen atoms in total. The average Bonchev–Trinajstić information content (AvgIpc) is 1.68. The minimum Gasteiger partial charge on any atom is -1.00 e. The van der Waals surface area contributed by atoms with E-state index < -0.39 is 0 Å². The van der Waals surface area contributed by atoms with E-state index in [9.17, 15) is 0 Å². The predicted molar refractivity (Wildman–Crippen MR) is 432 cm³/mol. The van der Waals surface area contributed by atoms with Crippen LogP contribution in [0.25, 0.3) is 40.4 Å². The number of hydrogen-bond donors (Lipinski definition) is 0. The molecule has 92 heavy (non-hydrogen) atoms. The van der Waals surface area contributed by atoms with Crippen molar-refractivity contribution in [1.29, 1.82) is 0 Å². The molecule has 0 N–H and O–H groups in total. The van der Waals surface area contributed by atoms with Crippen molar-refractivity contribution in [3.8, 4) is 40.4 Å². The SMILES string of the molecule is Brc1ccsc1Br.C.CCCCCC(CC)c1cc[c-]s1.CCCCCC(CC)c1ccc(-c2ccsc2-c2ccc(C(CC)CCCCC)s2)s1.CCCCCC(CC)c1ccc(-c2ccsc2-c2ccc(CCCC)s2)s1.CCCCc1cc[c-]s1.[Br-].[Br-].[Mg+2].[Mg+2]. The molecule has 0 saturated carbocycles. The van der Waals surface area contributed by atoms with Gasteiger partial charge in [-0.25, -0.2) is 12.1 Å². The Balaban J connectivity index is 0.00000122. The van der Waals surface area contributed by atoms with Gasteiger partial charge in [-0.05, 0) is 184 Å². The van der Waals surface area contributed by atoms with Gasteiger partial charge in [0.05, 0.1) is 13.5 Å². The second-order valence-corrected chi connectivity index (χ2v) is 34.1. The van der Waals surface area contributed by atoms with E-state index in [2.05, 4.69) is 195 Å². The van der Waals surface area contributed by atoms with Gasteiger partial charge in [0.1, 0.15) is 0 Å². The minimum atomic E-state index is 0. The summed E-state index contributed by atoms with van der Waals surface area (Å²) >= 11 is 23.7. The standard InChI is InChI=1S/C28H40S3.C24H32S3.C12H19S.C8H11S.C4H2Br2S.CH4.2BrH.2Mg/c1-5-9-11-13-21(7-3)24-15-17-26(30-24)23-19-20-29-28(23)27-18-16-25(31-27)22(8-4)14-12-10-6-2;1-4-7-9-10-18(6-3)21-14-15-22(27-21)20-16-17-25-24(20)23-13-12-19(26-23)11-8-5-2;1-3-5-6-8-11(4-2)12-9-7-10-13-12;1-2-3-5-8-6-4-7-9-8;5-3-1-2-7-4(3)6;;;;;/h15-22H,5-14H2,1-4H3;12-18H,4-11H2,1-3H3;7,9,11H,3-6,8H2,1-2H3;4,6H,2-3,5H2,1H3;1-2H;1H4;2*1H;;/q;;2*-1;;;;;2*+2/p-2. The molecule has 0 fully saturated rings. The van der Waals surface area contributed by atoms with Gasteiger partial charge >= 0.3 is 46.1 Å². The second-order valence-electron chi connectivity index (χ2n) is 22.8. The smallest absolute Gasteiger partial charge is 1.00 e. The van der Waals surface area contributed by atoms with Crippen LogP contribution < -0.4 is 34.0 Å². The van der Waals surface area contributed by atoms with Crippen LogP contribution in [0.2, 0.25) is 0 Å². The van der Waals surface area contributed by atoms with Gasteiger partial charge in [0.15, 0.2) is 0 Å². The van der Waals surface area contributed by atoms with Crippen molar-refractivity contribution in [1.82, 2.24) is 0 Å². The summed E-state index contributed by atoms with van der Waals surface area (Å²) in [6, 6.07) is 34.1. The van der Waals surface area contributed by atoms with Crippen LogP contribution >= 0.6 is 134 Å². The van der Waals surface area contributed by atoms with Gasteiger partial charge in [0, 0.05) is 54.6 Å². The molecule has 15 heteroatoms. The summed E-state index contributed by atoms with van der Waals surface area (Å²) < 4.78 is 2.30.